The normalized spacial score (nSPS) is 11.3. The van der Waals surface area contributed by atoms with Gasteiger partial charge in [0, 0.05) is 19.4 Å². The number of carbonyl (C=O) groups is 3. The Morgan fingerprint density at radius 1 is 1.04 bits per heavy atom. The SMILES string of the molecule is C=CCCC(=O)OCCNC(=O)[C@H](CC=C)CC(=O)NCCOCCO. The summed E-state index contributed by atoms with van der Waals surface area (Å²) in [6.07, 6.45) is 4.41. The third-order valence-electron chi connectivity index (χ3n) is 3.27. The van der Waals surface area contributed by atoms with Gasteiger partial charge in [0.2, 0.25) is 11.8 Å². The highest BCUT2D eigenvalue weighted by Crippen LogP contribution is 2.09. The fourth-order valence-corrected chi connectivity index (χ4v) is 1.98. The van der Waals surface area contributed by atoms with Crippen LogP contribution < -0.4 is 10.6 Å². The third-order valence-corrected chi connectivity index (χ3v) is 3.27. The van der Waals surface area contributed by atoms with Crippen molar-refractivity contribution in [2.45, 2.75) is 25.7 Å². The molecule has 3 N–H and O–H groups in total. The summed E-state index contributed by atoms with van der Waals surface area (Å²) in [5, 5.41) is 13.9. The molecule has 8 nitrogen and oxygen atoms in total. The van der Waals surface area contributed by atoms with Gasteiger partial charge in [0.15, 0.2) is 0 Å². The van der Waals surface area contributed by atoms with E-state index in [1.54, 1.807) is 12.2 Å². The zero-order valence-corrected chi connectivity index (χ0v) is 15.2. The first-order chi connectivity index (χ1) is 12.5. The first-order valence-electron chi connectivity index (χ1n) is 8.65. The van der Waals surface area contributed by atoms with Crippen molar-refractivity contribution in [1.29, 1.82) is 0 Å². The summed E-state index contributed by atoms with van der Waals surface area (Å²) < 4.78 is 10.0. The summed E-state index contributed by atoms with van der Waals surface area (Å²) in [5.41, 5.74) is 0. The van der Waals surface area contributed by atoms with Gasteiger partial charge in [0.05, 0.1) is 32.3 Å². The summed E-state index contributed by atoms with van der Waals surface area (Å²) in [6.45, 7) is 8.14. The fraction of sp³-hybridized carbons (Fsp3) is 0.611. The molecule has 8 heteroatoms. The molecule has 0 unspecified atom stereocenters. The summed E-state index contributed by atoms with van der Waals surface area (Å²) in [4.78, 5) is 35.4. The fourth-order valence-electron chi connectivity index (χ4n) is 1.98. The number of aliphatic hydroxyl groups is 1. The van der Waals surface area contributed by atoms with Crippen LogP contribution in [0.3, 0.4) is 0 Å². The Hall–Kier alpha value is -2.19. The molecule has 0 aliphatic rings. The Bertz CT molecular complexity index is 453. The second-order valence-electron chi connectivity index (χ2n) is 5.45. The minimum Gasteiger partial charge on any atom is -0.464 e. The number of rotatable bonds is 16. The van der Waals surface area contributed by atoms with Crippen LogP contribution in [0.1, 0.15) is 25.7 Å². The van der Waals surface area contributed by atoms with Crippen LogP contribution in [-0.4, -0.2) is 62.4 Å². The van der Waals surface area contributed by atoms with Crippen molar-refractivity contribution < 1.29 is 29.0 Å². The van der Waals surface area contributed by atoms with Crippen LogP contribution in [0.2, 0.25) is 0 Å². The molecule has 0 bridgehead atoms. The molecule has 0 aliphatic heterocycles. The number of allylic oxidation sites excluding steroid dienone is 2. The Kier molecular flexibility index (Phi) is 14.9. The van der Waals surface area contributed by atoms with Crippen molar-refractivity contribution in [3.8, 4) is 0 Å². The summed E-state index contributed by atoms with van der Waals surface area (Å²) in [6, 6.07) is 0. The maximum Gasteiger partial charge on any atom is 0.306 e. The molecule has 148 valence electrons. The zero-order chi connectivity index (χ0) is 19.6. The number of aliphatic hydroxyl groups excluding tert-OH is 1. The van der Waals surface area contributed by atoms with E-state index in [2.05, 4.69) is 23.8 Å². The van der Waals surface area contributed by atoms with Gasteiger partial charge in [-0.3, -0.25) is 14.4 Å². The molecule has 0 aliphatic carbocycles. The van der Waals surface area contributed by atoms with Crippen molar-refractivity contribution >= 4 is 17.8 Å². The number of esters is 1. The van der Waals surface area contributed by atoms with Crippen LogP contribution in [0.15, 0.2) is 25.3 Å². The van der Waals surface area contributed by atoms with Gasteiger partial charge in [-0.2, -0.15) is 0 Å². The van der Waals surface area contributed by atoms with Gasteiger partial charge >= 0.3 is 5.97 Å². The van der Waals surface area contributed by atoms with Gasteiger partial charge in [-0.25, -0.2) is 0 Å². The van der Waals surface area contributed by atoms with Crippen molar-refractivity contribution in [1.82, 2.24) is 10.6 Å². The first-order valence-corrected chi connectivity index (χ1v) is 8.65. The smallest absolute Gasteiger partial charge is 0.306 e. The highest BCUT2D eigenvalue weighted by molar-refractivity contribution is 5.85. The molecule has 0 aromatic carbocycles. The molecule has 0 saturated heterocycles. The molecule has 0 radical (unpaired) electrons. The van der Waals surface area contributed by atoms with E-state index in [1.807, 2.05) is 0 Å². The Morgan fingerprint density at radius 3 is 2.42 bits per heavy atom. The summed E-state index contributed by atoms with van der Waals surface area (Å²) in [5.74, 6) is -1.44. The van der Waals surface area contributed by atoms with E-state index >= 15 is 0 Å². The Balaban J connectivity index is 4.07. The molecule has 0 aromatic heterocycles. The number of ether oxygens (including phenoxy) is 2. The first kappa shape index (κ1) is 23.8. The molecule has 26 heavy (non-hydrogen) atoms. The molecule has 0 fully saturated rings. The van der Waals surface area contributed by atoms with Gasteiger partial charge in [0.25, 0.3) is 0 Å². The second kappa shape index (κ2) is 16.3. The average Bonchev–Trinajstić information content (AvgIpc) is 2.62. The second-order valence-corrected chi connectivity index (χ2v) is 5.45. The maximum atomic E-state index is 12.2. The molecule has 2 amide bonds. The predicted octanol–water partition coefficient (Wildman–Crippen LogP) is 0.320. The zero-order valence-electron chi connectivity index (χ0n) is 15.2. The van der Waals surface area contributed by atoms with E-state index in [-0.39, 0.29) is 57.0 Å². The highest BCUT2D eigenvalue weighted by Gasteiger charge is 2.20. The van der Waals surface area contributed by atoms with Crippen LogP contribution in [-0.2, 0) is 23.9 Å². The number of nitrogens with one attached hydrogen (secondary N) is 2. The highest BCUT2D eigenvalue weighted by atomic mass is 16.5. The molecule has 0 rings (SSSR count). The third kappa shape index (κ3) is 13.1. The Labute approximate surface area is 154 Å². The number of carbonyl (C=O) groups excluding carboxylic acids is 3. The monoisotopic (exact) mass is 370 g/mol. The summed E-state index contributed by atoms with van der Waals surface area (Å²) in [7, 11) is 0. The number of hydrogen-bond donors (Lipinski definition) is 3. The van der Waals surface area contributed by atoms with Crippen molar-refractivity contribution in [2.24, 2.45) is 5.92 Å². The summed E-state index contributed by atoms with van der Waals surface area (Å²) >= 11 is 0. The largest absolute Gasteiger partial charge is 0.464 e. The lowest BCUT2D eigenvalue weighted by Gasteiger charge is -2.15. The van der Waals surface area contributed by atoms with Crippen molar-refractivity contribution in [3.63, 3.8) is 0 Å². The quantitative estimate of drug-likeness (QED) is 0.205. The molecular formula is C18H30N2O6. The molecule has 0 aromatic rings. The number of hydrogen-bond acceptors (Lipinski definition) is 6. The van der Waals surface area contributed by atoms with Gasteiger partial charge < -0.3 is 25.2 Å². The van der Waals surface area contributed by atoms with E-state index in [0.717, 1.165) is 0 Å². The van der Waals surface area contributed by atoms with Gasteiger partial charge in [-0.05, 0) is 12.8 Å². The van der Waals surface area contributed by atoms with Gasteiger partial charge in [-0.15, -0.1) is 13.2 Å². The lowest BCUT2D eigenvalue weighted by atomic mass is 10.00. The van der Waals surface area contributed by atoms with E-state index in [1.165, 1.54) is 0 Å². The van der Waals surface area contributed by atoms with Crippen molar-refractivity contribution in [2.75, 3.05) is 39.5 Å². The van der Waals surface area contributed by atoms with Crippen LogP contribution in [0.25, 0.3) is 0 Å². The van der Waals surface area contributed by atoms with Gasteiger partial charge in [0.1, 0.15) is 6.61 Å². The van der Waals surface area contributed by atoms with E-state index in [0.29, 0.717) is 26.0 Å². The lowest BCUT2D eigenvalue weighted by Crippen LogP contribution is -2.37. The minimum absolute atomic E-state index is 0.0248. The average molecular weight is 370 g/mol. The minimum atomic E-state index is -0.540. The van der Waals surface area contributed by atoms with E-state index in [9.17, 15) is 14.4 Å². The number of amides is 2. The molecule has 0 spiro atoms. The molecule has 1 atom stereocenters. The van der Waals surface area contributed by atoms with Crippen LogP contribution in [0.4, 0.5) is 0 Å². The molecular weight excluding hydrogens is 340 g/mol. The van der Waals surface area contributed by atoms with E-state index < -0.39 is 5.92 Å². The Morgan fingerprint density at radius 2 is 1.77 bits per heavy atom. The molecule has 0 heterocycles. The molecule has 0 saturated carbocycles. The predicted molar refractivity (Wildman–Crippen MR) is 97.2 cm³/mol. The van der Waals surface area contributed by atoms with Crippen LogP contribution >= 0.6 is 0 Å². The van der Waals surface area contributed by atoms with Crippen LogP contribution in [0, 0.1) is 5.92 Å². The van der Waals surface area contributed by atoms with Gasteiger partial charge in [-0.1, -0.05) is 12.2 Å². The lowest BCUT2D eigenvalue weighted by molar-refractivity contribution is -0.144. The van der Waals surface area contributed by atoms with E-state index in [4.69, 9.17) is 14.6 Å². The standard InChI is InChI=1S/C18H30N2O6/c1-3-5-7-17(23)26-12-9-20-18(24)15(6-4-2)14-16(22)19-8-11-25-13-10-21/h3-4,15,21H,1-2,5-14H2,(H,19,22)(H,20,24)/t15-/m1/s1. The van der Waals surface area contributed by atoms with Crippen LogP contribution in [0.5, 0.6) is 0 Å². The maximum absolute atomic E-state index is 12.2. The van der Waals surface area contributed by atoms with Crippen molar-refractivity contribution in [3.05, 3.63) is 25.3 Å². The topological polar surface area (TPSA) is 114 Å².